The van der Waals surface area contributed by atoms with Crippen molar-refractivity contribution < 1.29 is 86.3 Å². The molecule has 0 bridgehead atoms. The summed E-state index contributed by atoms with van der Waals surface area (Å²) in [4.78, 5) is 181. The molecule has 3 fully saturated rings. The number of carbonyl (C=O) groups is 12. The summed E-state index contributed by atoms with van der Waals surface area (Å²) < 4.78 is 31.8. The number of likely N-dealkylation sites (tertiary alicyclic amines) is 2. The third-order valence-corrected chi connectivity index (χ3v) is 23.1. The fraction of sp³-hybridized carbons (Fsp3) is 0.657. The number of imide groups is 1. The Kier molecular flexibility index (Phi) is 34.7. The molecule has 0 saturated carbocycles. The second-order valence-corrected chi connectivity index (χ2v) is 33.1. The fourth-order valence-corrected chi connectivity index (χ4v) is 16.8. The number of nitrogens with two attached hydrogens (primary N) is 1. The first-order chi connectivity index (χ1) is 49.0. The van der Waals surface area contributed by atoms with E-state index in [0.717, 1.165) is 21.6 Å². The predicted molar refractivity (Wildman–Crippen MR) is 399 cm³/mol. The van der Waals surface area contributed by atoms with Crippen LogP contribution in [0.2, 0.25) is 0 Å². The number of aliphatic hydroxyl groups excluding tert-OH is 1. The van der Waals surface area contributed by atoms with Gasteiger partial charge in [0.15, 0.2) is 0 Å². The predicted octanol–water partition coefficient (Wildman–Crippen LogP) is 4.27. The molecule has 0 spiro atoms. The Morgan fingerprint density at radius 2 is 1.46 bits per heavy atom. The number of benzene rings is 2. The van der Waals surface area contributed by atoms with Gasteiger partial charge in [0.2, 0.25) is 66.4 Å². The van der Waals surface area contributed by atoms with Crippen molar-refractivity contribution in [2.45, 2.75) is 199 Å². The van der Waals surface area contributed by atoms with Crippen molar-refractivity contribution >= 4 is 119 Å². The van der Waals surface area contributed by atoms with Gasteiger partial charge in [-0.05, 0) is 80.5 Å². The lowest BCUT2D eigenvalue weighted by Gasteiger charge is -2.41. The van der Waals surface area contributed by atoms with E-state index in [0.29, 0.717) is 42.6 Å². The van der Waals surface area contributed by atoms with E-state index in [1.54, 1.807) is 96.9 Å². The molecule has 0 aromatic heterocycles. The van der Waals surface area contributed by atoms with Crippen LogP contribution >= 0.6 is 42.0 Å². The summed E-state index contributed by atoms with van der Waals surface area (Å²) in [6.07, 6.45) is -2.57. The standard InChI is InChI=1S/C70H109IN13O18PS/c1-15-42(6)60(51(100-13)37-55(87)83-32-20-24-50(83)62(101-14)43(7)63(90)73-44(8)61(89)47-21-17-16-18-22-47)79(10)68(95)57(40(2)3)77-66(93)59(41(4)5)80(11)70(97)102-39-46-25-27-48(28-26-46)74-64(91)49-23-19-31-82(69(72)96)45(9)58(65(92)75-49)76-53(85)29-33-84-56(88)38-52(67(84)94)104-36-35-103(98,99)34-30-54(86)78-81(12)71/h16-18,21-22,25-28,40-45,49-52,57-62,89H,15,19-20,23-24,29-39H2,1-14H3,(H2,72,96)(H,73,90)(H,74,91)(H,75,92)(H,76,85)(H,77,93)(H,78,86)(H,98,99)/t42?,43-,44-,45?,49+,50+,51?,52?,57+,58-,59+,60+,61-,62-/m1/s1. The van der Waals surface area contributed by atoms with Gasteiger partial charge < -0.3 is 71.2 Å². The molecular formula is C70H109IN13O18PS. The van der Waals surface area contributed by atoms with Crippen LogP contribution in [0.4, 0.5) is 15.3 Å². The molecule has 3 heterocycles. The lowest BCUT2D eigenvalue weighted by molar-refractivity contribution is -0.148. The Balaban J connectivity index is 1.16. The molecule has 3 aliphatic rings. The van der Waals surface area contributed by atoms with Crippen molar-refractivity contribution in [3.8, 4) is 0 Å². The molecule has 5 unspecified atom stereocenters. The Hall–Kier alpha value is -7.01. The van der Waals surface area contributed by atoms with Crippen LogP contribution in [0.1, 0.15) is 137 Å². The van der Waals surface area contributed by atoms with Gasteiger partial charge in [0.1, 0.15) is 30.8 Å². The first-order valence-electron chi connectivity index (χ1n) is 35.3. The van der Waals surface area contributed by atoms with Gasteiger partial charge in [-0.3, -0.25) is 67.7 Å². The van der Waals surface area contributed by atoms with Gasteiger partial charge >= 0.3 is 12.1 Å². The molecule has 2 aromatic rings. The average Bonchev–Trinajstić information content (AvgIpc) is 1.10. The number of methoxy groups -OCH3 is 2. The van der Waals surface area contributed by atoms with Crippen LogP contribution in [-0.4, -0.2) is 248 Å². The highest BCUT2D eigenvalue weighted by atomic mass is 127. The highest BCUT2D eigenvalue weighted by Crippen LogP contribution is 2.42. The quantitative estimate of drug-likeness (QED) is 0.0151. The van der Waals surface area contributed by atoms with Gasteiger partial charge in [-0.2, -0.15) is 3.22 Å². The Bertz CT molecular complexity index is 3350. The van der Waals surface area contributed by atoms with E-state index in [1.807, 2.05) is 54.9 Å². The Morgan fingerprint density at radius 1 is 0.817 bits per heavy atom. The topological polar surface area (TPSA) is 408 Å². The van der Waals surface area contributed by atoms with E-state index in [-0.39, 0.29) is 87.6 Å². The van der Waals surface area contributed by atoms with E-state index < -0.39 is 163 Å². The summed E-state index contributed by atoms with van der Waals surface area (Å²) in [7, 11) is 3.89. The summed E-state index contributed by atoms with van der Waals surface area (Å²) in [6, 6.07) is 6.86. The maximum atomic E-state index is 14.8. The highest BCUT2D eigenvalue weighted by Gasteiger charge is 2.45. The number of aliphatic hydroxyl groups is 1. The molecule has 3 aliphatic heterocycles. The van der Waals surface area contributed by atoms with Crippen molar-refractivity contribution in [3.05, 3.63) is 65.7 Å². The number of halogens is 1. The average molecular weight is 1610 g/mol. The number of hydrazine groups is 1. The number of primary amides is 1. The first-order valence-corrected chi connectivity index (χ1v) is 39.4. The number of nitrogens with one attached hydrogen (secondary N) is 6. The summed E-state index contributed by atoms with van der Waals surface area (Å²) in [5.41, 5.74) is 9.66. The molecule has 580 valence electrons. The monoisotopic (exact) mass is 1610 g/mol. The second kappa shape index (κ2) is 41.2. The number of urea groups is 1. The molecule has 13 amide bonds. The van der Waals surface area contributed by atoms with Crippen molar-refractivity contribution in [1.29, 1.82) is 0 Å². The van der Waals surface area contributed by atoms with E-state index in [2.05, 4.69) is 32.0 Å². The van der Waals surface area contributed by atoms with Crippen LogP contribution in [0.3, 0.4) is 0 Å². The van der Waals surface area contributed by atoms with E-state index in [4.69, 9.17) is 19.9 Å². The third kappa shape index (κ3) is 24.8. The summed E-state index contributed by atoms with van der Waals surface area (Å²) in [5.74, 6) is -7.22. The minimum Gasteiger partial charge on any atom is -0.445 e. The zero-order valence-corrected chi connectivity index (χ0v) is 66.0. The van der Waals surface area contributed by atoms with Crippen molar-refractivity contribution in [2.75, 3.05) is 78.4 Å². The van der Waals surface area contributed by atoms with Gasteiger partial charge in [0.25, 0.3) is 0 Å². The molecule has 3 saturated heterocycles. The van der Waals surface area contributed by atoms with E-state index in [9.17, 15) is 72.1 Å². The molecule has 15 atom stereocenters. The van der Waals surface area contributed by atoms with E-state index in [1.165, 1.54) is 41.2 Å². The number of carbonyl (C=O) groups excluding carboxylic acids is 12. The lowest BCUT2D eigenvalue weighted by Crippen LogP contribution is -2.60. The normalized spacial score (nSPS) is 21.1. The molecule has 31 nitrogen and oxygen atoms in total. The van der Waals surface area contributed by atoms with Gasteiger partial charge in [-0.25, -0.2) is 9.59 Å². The van der Waals surface area contributed by atoms with E-state index >= 15 is 0 Å². The minimum absolute atomic E-state index is 0.00506. The third-order valence-electron chi connectivity index (χ3n) is 19.5. The largest absolute Gasteiger partial charge is 0.445 e. The number of rotatable bonds is 36. The maximum Gasteiger partial charge on any atom is 0.410 e. The molecule has 0 aliphatic carbocycles. The Morgan fingerprint density at radius 3 is 2.06 bits per heavy atom. The second-order valence-electron chi connectivity index (χ2n) is 27.8. The fourth-order valence-electron chi connectivity index (χ4n) is 13.4. The molecular weight excluding hydrogens is 1500 g/mol. The summed E-state index contributed by atoms with van der Waals surface area (Å²) >= 11 is 2.85. The van der Waals surface area contributed by atoms with Gasteiger partial charge in [0.05, 0.1) is 60.1 Å². The van der Waals surface area contributed by atoms with Crippen LogP contribution in [0.5, 0.6) is 0 Å². The van der Waals surface area contributed by atoms with Crippen molar-refractivity contribution in [2.24, 2.45) is 29.4 Å². The van der Waals surface area contributed by atoms with Crippen molar-refractivity contribution in [1.82, 2.24) is 54.4 Å². The van der Waals surface area contributed by atoms with Crippen LogP contribution in [0.15, 0.2) is 54.6 Å². The number of anilines is 1. The minimum atomic E-state index is -3.73. The van der Waals surface area contributed by atoms with Gasteiger partial charge in [-0.1, -0.05) is 97.4 Å². The number of hydrogen-bond acceptors (Lipinski definition) is 19. The molecule has 104 heavy (non-hydrogen) atoms. The Labute approximate surface area is 628 Å². The van der Waals surface area contributed by atoms with Crippen LogP contribution in [0, 0.1) is 23.7 Å². The molecule has 10 N–H and O–H groups in total. The highest BCUT2D eigenvalue weighted by molar-refractivity contribution is 14.1. The van der Waals surface area contributed by atoms with Gasteiger partial charge in [0, 0.05) is 121 Å². The van der Waals surface area contributed by atoms with Crippen LogP contribution < -0.4 is 37.7 Å². The molecule has 2 aromatic carbocycles. The lowest BCUT2D eigenvalue weighted by atomic mass is 9.89. The number of likely N-dealkylation sites (N-methyl/N-ethyl adjacent to an activating group) is 2. The summed E-state index contributed by atoms with van der Waals surface area (Å²) in [6.45, 7) is 15.8. The molecule has 0 radical (unpaired) electrons. The van der Waals surface area contributed by atoms with Crippen LogP contribution in [-0.2, 0) is 73.3 Å². The first kappa shape index (κ1) is 87.6. The number of amides is 13. The SMILES string of the molecule is CCC(C)[C@@H](C(CC(=O)N1CCC[C@H]1[C@H](OC)[C@@H](C)C(=O)N[C@H](C)[C@@H](O)c1ccccc1)OC)N(C)C(=O)[C@@H](NC(=O)[C@H](C(C)C)N(C)C(=O)OCc1ccc(NC(=O)[C@@H]2CCCN(C(N)=O)C(C)[C@@H](NC(=O)CCN3C(=O)CC(SCCP(=O)(O)CCC(=O)NN(C)I)C3=O)C(=O)N2)cc1)C(C)C. The molecule has 5 rings (SSSR count). The summed E-state index contributed by atoms with van der Waals surface area (Å²) in [5, 5.41) is 24.0. The number of hydrogen-bond donors (Lipinski definition) is 9. The van der Waals surface area contributed by atoms with Crippen molar-refractivity contribution in [3.63, 3.8) is 0 Å². The molecule has 34 heteroatoms. The zero-order chi connectivity index (χ0) is 77.6. The van der Waals surface area contributed by atoms with Crippen LogP contribution in [0.25, 0.3) is 0 Å². The number of ether oxygens (including phenoxy) is 3. The number of nitrogens with zero attached hydrogens (tertiary/aromatic N) is 6. The zero-order valence-electron chi connectivity index (χ0n) is 62.2. The smallest absolute Gasteiger partial charge is 0.410 e. The number of thioether (sulfide) groups is 1. The maximum absolute atomic E-state index is 14.8. The van der Waals surface area contributed by atoms with Gasteiger partial charge in [-0.15, -0.1) is 11.8 Å².